The lowest BCUT2D eigenvalue weighted by molar-refractivity contribution is 0.0522. The average Bonchev–Trinajstić information content (AvgIpc) is 2.48. The van der Waals surface area contributed by atoms with Crippen LogP contribution in [0, 0.1) is 0 Å². The van der Waals surface area contributed by atoms with E-state index in [1.807, 2.05) is 18.2 Å². The van der Waals surface area contributed by atoms with Crippen molar-refractivity contribution < 1.29 is 14.3 Å². The number of ether oxygens (including phenoxy) is 1. The van der Waals surface area contributed by atoms with E-state index in [1.165, 1.54) is 11.8 Å². The van der Waals surface area contributed by atoms with Crippen LogP contribution in [0.1, 0.15) is 27.6 Å². The molecular weight excluding hydrogens is 308 g/mol. The summed E-state index contributed by atoms with van der Waals surface area (Å²) >= 11 is 6.90. The predicted octanol–water partition coefficient (Wildman–Crippen LogP) is 4.39. The third-order valence-electron chi connectivity index (χ3n) is 2.70. The topological polar surface area (TPSA) is 43.4 Å². The summed E-state index contributed by atoms with van der Waals surface area (Å²) in [5.41, 5.74) is 0.893. The maximum Gasteiger partial charge on any atom is 0.339 e. The fourth-order valence-electron chi connectivity index (χ4n) is 1.77. The van der Waals surface area contributed by atoms with E-state index >= 15 is 0 Å². The largest absolute Gasteiger partial charge is 0.462 e. The molecule has 0 atom stereocenters. The normalized spacial score (nSPS) is 10.2. The lowest BCUT2D eigenvalue weighted by atomic mass is 10.2. The number of carbonyl (C=O) groups excluding carboxylic acids is 2. The highest BCUT2D eigenvalue weighted by molar-refractivity contribution is 7.99. The Bertz CT molecular complexity index is 670. The number of rotatable bonds is 5. The molecule has 0 spiro atoms. The highest BCUT2D eigenvalue weighted by atomic mass is 35.5. The molecule has 0 unspecified atom stereocenters. The summed E-state index contributed by atoms with van der Waals surface area (Å²) in [6.07, 6.45) is 0. The van der Waals surface area contributed by atoms with E-state index in [2.05, 4.69) is 0 Å². The third-order valence-corrected chi connectivity index (χ3v) is 4.06. The molecular formula is C16H13ClO3S. The Hall–Kier alpha value is -1.78. The second-order valence-corrected chi connectivity index (χ2v) is 5.52. The van der Waals surface area contributed by atoms with Crippen LogP contribution in [0.4, 0.5) is 0 Å². The highest BCUT2D eigenvalue weighted by Gasteiger charge is 2.15. The van der Waals surface area contributed by atoms with Crippen LogP contribution in [0.2, 0.25) is 0 Å². The van der Waals surface area contributed by atoms with Crippen molar-refractivity contribution in [3.63, 3.8) is 0 Å². The molecule has 0 amide bonds. The van der Waals surface area contributed by atoms with Gasteiger partial charge >= 0.3 is 5.97 Å². The second-order valence-electron chi connectivity index (χ2n) is 4.09. The van der Waals surface area contributed by atoms with Crippen LogP contribution in [0.25, 0.3) is 0 Å². The molecule has 0 aromatic heterocycles. The summed E-state index contributed by atoms with van der Waals surface area (Å²) in [4.78, 5) is 24.8. The molecule has 108 valence electrons. The van der Waals surface area contributed by atoms with Gasteiger partial charge in [-0.25, -0.2) is 4.79 Å². The molecule has 21 heavy (non-hydrogen) atoms. The van der Waals surface area contributed by atoms with Crippen LogP contribution in [0.15, 0.2) is 58.3 Å². The Labute approximate surface area is 132 Å². The molecule has 0 N–H and O–H groups in total. The third kappa shape index (κ3) is 3.86. The van der Waals surface area contributed by atoms with Crippen LogP contribution in [-0.4, -0.2) is 17.8 Å². The van der Waals surface area contributed by atoms with Gasteiger partial charge < -0.3 is 4.74 Å². The van der Waals surface area contributed by atoms with E-state index in [9.17, 15) is 9.59 Å². The molecule has 0 radical (unpaired) electrons. The lowest BCUT2D eigenvalue weighted by Crippen LogP contribution is -2.06. The number of halogens is 1. The molecule has 2 rings (SSSR count). The van der Waals surface area contributed by atoms with Crippen LogP contribution in [-0.2, 0) is 4.74 Å². The first kappa shape index (κ1) is 15.6. The zero-order valence-corrected chi connectivity index (χ0v) is 12.9. The summed E-state index contributed by atoms with van der Waals surface area (Å²) < 4.78 is 5.04. The summed E-state index contributed by atoms with van der Waals surface area (Å²) in [6, 6.07) is 14.1. The molecule has 0 aliphatic rings. The van der Waals surface area contributed by atoms with E-state index in [1.54, 1.807) is 37.3 Å². The van der Waals surface area contributed by atoms with Gasteiger partial charge in [0.25, 0.3) is 5.24 Å². The first-order valence-electron chi connectivity index (χ1n) is 6.36. The van der Waals surface area contributed by atoms with Crippen LogP contribution in [0.5, 0.6) is 0 Å². The first-order chi connectivity index (χ1) is 10.1. The van der Waals surface area contributed by atoms with Crippen molar-refractivity contribution in [2.45, 2.75) is 16.7 Å². The Kier molecular flexibility index (Phi) is 5.42. The molecule has 0 fully saturated rings. The van der Waals surface area contributed by atoms with E-state index in [0.29, 0.717) is 22.6 Å². The summed E-state index contributed by atoms with van der Waals surface area (Å²) in [6.45, 7) is 2.07. The number of benzene rings is 2. The second kappa shape index (κ2) is 7.29. The Balaban J connectivity index is 2.37. The Morgan fingerprint density at radius 1 is 1.00 bits per heavy atom. The zero-order valence-electron chi connectivity index (χ0n) is 11.3. The van der Waals surface area contributed by atoms with Crippen molar-refractivity contribution >= 4 is 34.6 Å². The van der Waals surface area contributed by atoms with Gasteiger partial charge in [0.1, 0.15) is 0 Å². The first-order valence-corrected chi connectivity index (χ1v) is 7.55. The molecule has 2 aromatic carbocycles. The molecule has 0 saturated carbocycles. The molecule has 0 aliphatic carbocycles. The van der Waals surface area contributed by atoms with Gasteiger partial charge in [-0.1, -0.05) is 36.0 Å². The van der Waals surface area contributed by atoms with Gasteiger partial charge in [-0.05, 0) is 42.8 Å². The number of carbonyl (C=O) groups is 2. The molecule has 5 heteroatoms. The Morgan fingerprint density at radius 3 is 2.10 bits per heavy atom. The van der Waals surface area contributed by atoms with Crippen molar-refractivity contribution in [1.82, 2.24) is 0 Å². The molecule has 0 bridgehead atoms. The van der Waals surface area contributed by atoms with Gasteiger partial charge in [0.15, 0.2) is 0 Å². The van der Waals surface area contributed by atoms with Crippen LogP contribution < -0.4 is 0 Å². The van der Waals surface area contributed by atoms with Crippen LogP contribution >= 0.6 is 23.4 Å². The number of hydrogen-bond donors (Lipinski definition) is 0. The van der Waals surface area contributed by atoms with Gasteiger partial charge in [-0.3, -0.25) is 4.79 Å². The molecule has 3 nitrogen and oxygen atoms in total. The van der Waals surface area contributed by atoms with Crippen molar-refractivity contribution in [3.8, 4) is 0 Å². The van der Waals surface area contributed by atoms with Crippen LogP contribution in [0.3, 0.4) is 0 Å². The summed E-state index contributed by atoms with van der Waals surface area (Å²) in [5.74, 6) is -0.379. The SMILES string of the molecule is CCOC(=O)c1ccccc1Sc1ccccc1C(=O)Cl. The van der Waals surface area contributed by atoms with Crippen molar-refractivity contribution in [2.24, 2.45) is 0 Å². The molecule has 0 saturated heterocycles. The Morgan fingerprint density at radius 2 is 1.52 bits per heavy atom. The van der Waals surface area contributed by atoms with E-state index in [-0.39, 0.29) is 5.97 Å². The molecule has 2 aromatic rings. The summed E-state index contributed by atoms with van der Waals surface area (Å²) in [5, 5.41) is -0.522. The monoisotopic (exact) mass is 320 g/mol. The smallest absolute Gasteiger partial charge is 0.339 e. The minimum absolute atomic E-state index is 0.314. The van der Waals surface area contributed by atoms with Gasteiger partial charge in [-0.2, -0.15) is 0 Å². The fraction of sp³-hybridized carbons (Fsp3) is 0.125. The van der Waals surface area contributed by atoms with Gasteiger partial charge in [0.05, 0.1) is 12.2 Å². The van der Waals surface area contributed by atoms with Crippen molar-refractivity contribution in [1.29, 1.82) is 0 Å². The predicted molar refractivity (Wildman–Crippen MR) is 83.1 cm³/mol. The van der Waals surface area contributed by atoms with E-state index in [4.69, 9.17) is 16.3 Å². The van der Waals surface area contributed by atoms with Gasteiger partial charge in [-0.15, -0.1) is 0 Å². The standard InChI is InChI=1S/C16H13ClO3S/c1-2-20-16(19)12-8-4-6-10-14(12)21-13-9-5-3-7-11(13)15(17)18/h3-10H,2H2,1H3. The minimum Gasteiger partial charge on any atom is -0.462 e. The number of esters is 1. The van der Waals surface area contributed by atoms with Crippen molar-refractivity contribution in [2.75, 3.05) is 6.61 Å². The van der Waals surface area contributed by atoms with E-state index < -0.39 is 5.24 Å². The molecule has 0 aliphatic heterocycles. The summed E-state index contributed by atoms with van der Waals surface area (Å²) in [7, 11) is 0. The maximum absolute atomic E-state index is 11.9. The van der Waals surface area contributed by atoms with Gasteiger partial charge in [0, 0.05) is 15.4 Å². The lowest BCUT2D eigenvalue weighted by Gasteiger charge is -2.10. The van der Waals surface area contributed by atoms with Gasteiger partial charge in [0.2, 0.25) is 0 Å². The number of hydrogen-bond acceptors (Lipinski definition) is 4. The zero-order chi connectivity index (χ0) is 15.2. The minimum atomic E-state index is -0.522. The highest BCUT2D eigenvalue weighted by Crippen LogP contribution is 2.33. The molecule has 0 heterocycles. The quantitative estimate of drug-likeness (QED) is 0.605. The average molecular weight is 321 g/mol. The van der Waals surface area contributed by atoms with E-state index in [0.717, 1.165) is 4.90 Å². The fourth-order valence-corrected chi connectivity index (χ4v) is 3.05. The van der Waals surface area contributed by atoms with Crippen molar-refractivity contribution in [3.05, 3.63) is 59.7 Å². The maximum atomic E-state index is 11.9.